The molecule has 2 aromatic heterocycles. The molecule has 0 aliphatic rings. The third-order valence-corrected chi connectivity index (χ3v) is 7.83. The third kappa shape index (κ3) is 4.43. The second-order valence-electron chi connectivity index (χ2n) is 6.76. The second kappa shape index (κ2) is 8.34. The molecule has 4 aromatic rings. The fraction of sp³-hybridized carbons (Fsp3) is 0.0952. The van der Waals surface area contributed by atoms with Crippen molar-refractivity contribution in [1.82, 2.24) is 4.98 Å². The lowest BCUT2D eigenvalue weighted by atomic mass is 10.1. The predicted octanol–water partition coefficient (Wildman–Crippen LogP) is 6.50. The Morgan fingerprint density at radius 2 is 1.78 bits per heavy atom. The van der Waals surface area contributed by atoms with Gasteiger partial charge in [-0.15, -0.1) is 11.3 Å². The van der Waals surface area contributed by atoms with Crippen LogP contribution in [0.1, 0.15) is 11.1 Å². The van der Waals surface area contributed by atoms with Crippen LogP contribution in [0, 0.1) is 5.82 Å². The highest BCUT2D eigenvalue weighted by Crippen LogP contribution is 2.37. The highest BCUT2D eigenvalue weighted by molar-refractivity contribution is 7.93. The Labute approximate surface area is 189 Å². The topological polar surface area (TPSA) is 50.3 Å². The highest BCUT2D eigenvalue weighted by atomic mass is 35.5. The van der Waals surface area contributed by atoms with Gasteiger partial charge in [0.1, 0.15) is 20.9 Å². The Bertz CT molecular complexity index is 1350. The van der Waals surface area contributed by atoms with Crippen LogP contribution in [-0.4, -0.2) is 13.4 Å². The second-order valence-corrected chi connectivity index (χ2v) is 10.1. The van der Waals surface area contributed by atoms with Crippen LogP contribution in [0.2, 0.25) is 5.15 Å². The zero-order valence-electron chi connectivity index (χ0n) is 16.0. The predicted molar refractivity (Wildman–Crippen MR) is 116 cm³/mol. The molecule has 2 heterocycles. The molecule has 0 spiro atoms. The summed E-state index contributed by atoms with van der Waals surface area (Å²) in [6.45, 7) is -0.443. The summed E-state index contributed by atoms with van der Waals surface area (Å²) in [5.74, 6) is -1.43. The monoisotopic (exact) mass is 500 g/mol. The van der Waals surface area contributed by atoms with Gasteiger partial charge in [-0.2, -0.15) is 13.2 Å². The van der Waals surface area contributed by atoms with Crippen molar-refractivity contribution >= 4 is 48.0 Å². The summed E-state index contributed by atoms with van der Waals surface area (Å²) in [6.07, 6.45) is -3.84. The summed E-state index contributed by atoms with van der Waals surface area (Å²) >= 11 is 6.92. The molecule has 0 bridgehead atoms. The first-order valence-electron chi connectivity index (χ1n) is 9.04. The lowest BCUT2D eigenvalue weighted by Gasteiger charge is -2.23. The number of halogens is 5. The van der Waals surface area contributed by atoms with E-state index in [9.17, 15) is 26.0 Å². The van der Waals surface area contributed by atoms with Gasteiger partial charge in [0, 0.05) is 10.9 Å². The molecular weight excluding hydrogens is 488 g/mol. The standard InChI is InChI=1S/C21H13ClF4N2O2S2/c22-19-8-6-15(11-27-19)32(29,30)28(20-10-14-3-1-2-4-18(14)31-20)12-13-5-7-17(23)16(9-13)21(24,25)26/h1-11H,12H2. The zero-order chi connectivity index (χ0) is 23.1. The molecular formula is C21H13ClF4N2O2S2. The molecule has 0 radical (unpaired) electrons. The summed E-state index contributed by atoms with van der Waals surface area (Å²) < 4.78 is 81.9. The van der Waals surface area contributed by atoms with Gasteiger partial charge < -0.3 is 0 Å². The molecule has 0 fully saturated rings. The highest BCUT2D eigenvalue weighted by Gasteiger charge is 2.35. The molecule has 0 aliphatic carbocycles. The number of hydrogen-bond acceptors (Lipinski definition) is 4. The van der Waals surface area contributed by atoms with E-state index in [0.717, 1.165) is 26.7 Å². The van der Waals surface area contributed by atoms with Crippen LogP contribution >= 0.6 is 22.9 Å². The fourth-order valence-corrected chi connectivity index (χ4v) is 5.84. The average molecular weight is 501 g/mol. The number of alkyl halides is 3. The van der Waals surface area contributed by atoms with Gasteiger partial charge in [-0.25, -0.2) is 17.8 Å². The molecule has 0 aliphatic heterocycles. The SMILES string of the molecule is O=S(=O)(c1ccc(Cl)nc1)N(Cc1ccc(F)c(C(F)(F)F)c1)c1cc2ccccc2s1. The summed E-state index contributed by atoms with van der Waals surface area (Å²) in [4.78, 5) is 3.61. The van der Waals surface area contributed by atoms with Gasteiger partial charge in [-0.3, -0.25) is 4.31 Å². The van der Waals surface area contributed by atoms with Gasteiger partial charge in [0.15, 0.2) is 0 Å². The van der Waals surface area contributed by atoms with E-state index in [4.69, 9.17) is 11.6 Å². The van der Waals surface area contributed by atoms with Crippen molar-refractivity contribution in [2.45, 2.75) is 17.6 Å². The lowest BCUT2D eigenvalue weighted by molar-refractivity contribution is -0.140. The molecule has 0 saturated carbocycles. The quantitative estimate of drug-likeness (QED) is 0.232. The van der Waals surface area contributed by atoms with Gasteiger partial charge in [0.2, 0.25) is 0 Å². The summed E-state index contributed by atoms with van der Waals surface area (Å²) in [7, 11) is -4.23. The van der Waals surface area contributed by atoms with Crippen molar-refractivity contribution in [3.8, 4) is 0 Å². The molecule has 0 atom stereocenters. The fourth-order valence-electron chi connectivity index (χ4n) is 3.07. The first-order valence-corrected chi connectivity index (χ1v) is 11.7. The van der Waals surface area contributed by atoms with E-state index in [1.165, 1.54) is 23.5 Å². The number of benzene rings is 2. The lowest BCUT2D eigenvalue weighted by Crippen LogP contribution is -2.30. The minimum Gasteiger partial charge on any atom is -0.253 e. The van der Waals surface area contributed by atoms with Crippen molar-refractivity contribution in [3.63, 3.8) is 0 Å². The number of fused-ring (bicyclic) bond motifs is 1. The van der Waals surface area contributed by atoms with Gasteiger partial charge >= 0.3 is 6.18 Å². The van der Waals surface area contributed by atoms with Crippen LogP contribution in [0.5, 0.6) is 0 Å². The van der Waals surface area contributed by atoms with E-state index in [1.54, 1.807) is 30.3 Å². The number of anilines is 1. The van der Waals surface area contributed by atoms with E-state index in [2.05, 4.69) is 4.98 Å². The molecule has 11 heteroatoms. The molecule has 0 saturated heterocycles. The Morgan fingerprint density at radius 1 is 1.03 bits per heavy atom. The maximum Gasteiger partial charge on any atom is 0.419 e. The van der Waals surface area contributed by atoms with Crippen molar-refractivity contribution in [3.05, 3.63) is 89.0 Å². The molecule has 0 N–H and O–H groups in total. The normalized spacial score (nSPS) is 12.3. The minimum atomic E-state index is -4.92. The maximum atomic E-state index is 13.7. The van der Waals surface area contributed by atoms with E-state index in [-0.39, 0.29) is 15.6 Å². The Morgan fingerprint density at radius 3 is 2.44 bits per heavy atom. The van der Waals surface area contributed by atoms with Gasteiger partial charge in [-0.05, 0) is 47.3 Å². The molecule has 2 aromatic carbocycles. The van der Waals surface area contributed by atoms with Crippen LogP contribution < -0.4 is 4.31 Å². The number of nitrogens with zero attached hydrogens (tertiary/aromatic N) is 2. The Balaban J connectivity index is 1.84. The van der Waals surface area contributed by atoms with E-state index in [1.807, 2.05) is 0 Å². The van der Waals surface area contributed by atoms with Crippen LogP contribution in [0.25, 0.3) is 10.1 Å². The molecule has 4 rings (SSSR count). The molecule has 166 valence electrons. The van der Waals surface area contributed by atoms with Gasteiger partial charge in [-0.1, -0.05) is 35.9 Å². The molecule has 0 amide bonds. The third-order valence-electron chi connectivity index (χ3n) is 4.61. The number of hydrogen-bond donors (Lipinski definition) is 0. The molecule has 4 nitrogen and oxygen atoms in total. The smallest absolute Gasteiger partial charge is 0.253 e. The number of sulfonamides is 1. The van der Waals surface area contributed by atoms with E-state index < -0.39 is 34.1 Å². The minimum absolute atomic E-state index is 0.0262. The number of aromatic nitrogens is 1. The molecule has 32 heavy (non-hydrogen) atoms. The van der Waals surface area contributed by atoms with Crippen molar-refractivity contribution in [2.75, 3.05) is 4.31 Å². The van der Waals surface area contributed by atoms with Crippen molar-refractivity contribution in [2.24, 2.45) is 0 Å². The Hall–Kier alpha value is -2.69. The Kier molecular flexibility index (Phi) is 5.87. The average Bonchev–Trinajstić information content (AvgIpc) is 3.16. The number of rotatable bonds is 5. The molecule has 0 unspecified atom stereocenters. The summed E-state index contributed by atoms with van der Waals surface area (Å²) in [5.41, 5.74) is -1.49. The first kappa shape index (κ1) is 22.5. The van der Waals surface area contributed by atoms with Crippen molar-refractivity contribution in [1.29, 1.82) is 0 Å². The first-order chi connectivity index (χ1) is 15.1. The van der Waals surface area contributed by atoms with Crippen molar-refractivity contribution < 1.29 is 26.0 Å². The zero-order valence-corrected chi connectivity index (χ0v) is 18.4. The van der Waals surface area contributed by atoms with E-state index >= 15 is 0 Å². The maximum absolute atomic E-state index is 13.7. The largest absolute Gasteiger partial charge is 0.419 e. The summed E-state index contributed by atoms with van der Waals surface area (Å²) in [5, 5.41) is 1.15. The van der Waals surface area contributed by atoms with Crippen LogP contribution in [0.15, 0.2) is 71.8 Å². The van der Waals surface area contributed by atoms with Crippen LogP contribution in [0.3, 0.4) is 0 Å². The van der Waals surface area contributed by atoms with Crippen LogP contribution in [-0.2, 0) is 22.7 Å². The number of thiophene rings is 1. The van der Waals surface area contributed by atoms with Gasteiger partial charge in [0.05, 0.1) is 12.1 Å². The van der Waals surface area contributed by atoms with Crippen LogP contribution in [0.4, 0.5) is 22.6 Å². The summed E-state index contributed by atoms with van der Waals surface area (Å²) in [6, 6.07) is 13.8. The van der Waals surface area contributed by atoms with Gasteiger partial charge in [0.25, 0.3) is 10.0 Å². The van der Waals surface area contributed by atoms with E-state index in [0.29, 0.717) is 17.1 Å². The number of pyridine rings is 1.